The molecule has 7 heteroatoms. The Kier molecular flexibility index (Phi) is 6.17. The lowest BCUT2D eigenvalue weighted by molar-refractivity contribution is -0.133. The predicted octanol–water partition coefficient (Wildman–Crippen LogP) is 4.17. The van der Waals surface area contributed by atoms with Gasteiger partial charge in [-0.2, -0.15) is 0 Å². The molecule has 1 fully saturated rings. The third-order valence-corrected chi connectivity index (χ3v) is 7.62. The number of amides is 2. The number of carbonyl (C=O) groups is 2. The van der Waals surface area contributed by atoms with Crippen LogP contribution in [0.25, 0.3) is 10.9 Å². The maximum atomic E-state index is 13.9. The molecule has 184 valence electrons. The molecule has 2 aromatic carbocycles. The molecule has 1 saturated carbocycles. The summed E-state index contributed by atoms with van der Waals surface area (Å²) in [4.78, 5) is 29.4. The number of nitrogens with one attached hydrogen (secondary N) is 1. The molecule has 0 spiro atoms. The molecule has 3 aromatic rings. The fraction of sp³-hybridized carbons (Fsp3) is 0.429. The molecule has 0 bridgehead atoms. The summed E-state index contributed by atoms with van der Waals surface area (Å²) in [5.74, 6) is 1.22. The van der Waals surface area contributed by atoms with Crippen LogP contribution in [0.2, 0.25) is 0 Å². The molecule has 1 unspecified atom stereocenters. The van der Waals surface area contributed by atoms with Crippen molar-refractivity contribution >= 4 is 22.7 Å². The number of ether oxygens (including phenoxy) is 2. The summed E-state index contributed by atoms with van der Waals surface area (Å²) in [6.45, 7) is 2.72. The van der Waals surface area contributed by atoms with Gasteiger partial charge in [-0.05, 0) is 49.9 Å². The zero-order chi connectivity index (χ0) is 24.6. The Morgan fingerprint density at radius 2 is 1.86 bits per heavy atom. The van der Waals surface area contributed by atoms with Crippen LogP contribution in [0, 0.1) is 0 Å². The van der Waals surface area contributed by atoms with E-state index in [4.69, 9.17) is 9.47 Å². The van der Waals surface area contributed by atoms with Gasteiger partial charge < -0.3 is 24.3 Å². The third kappa shape index (κ3) is 4.13. The molecule has 0 saturated heterocycles. The van der Waals surface area contributed by atoms with Gasteiger partial charge >= 0.3 is 0 Å². The molecular weight excluding hydrogens is 442 g/mol. The Labute approximate surface area is 206 Å². The molecule has 1 aliphatic carbocycles. The summed E-state index contributed by atoms with van der Waals surface area (Å²) in [7, 11) is 3.25. The van der Waals surface area contributed by atoms with E-state index in [0.29, 0.717) is 36.7 Å². The first-order valence-electron chi connectivity index (χ1n) is 12.4. The Hall–Kier alpha value is -3.48. The first-order valence-corrected chi connectivity index (χ1v) is 12.4. The summed E-state index contributed by atoms with van der Waals surface area (Å²) >= 11 is 0. The summed E-state index contributed by atoms with van der Waals surface area (Å²) < 4.78 is 12.9. The summed E-state index contributed by atoms with van der Waals surface area (Å²) in [6.07, 6.45) is 4.82. The van der Waals surface area contributed by atoms with Crippen LogP contribution in [0.3, 0.4) is 0 Å². The normalized spacial score (nSPS) is 20.2. The molecule has 2 amide bonds. The van der Waals surface area contributed by atoms with Gasteiger partial charge in [-0.3, -0.25) is 9.59 Å². The Balaban J connectivity index is 1.49. The maximum absolute atomic E-state index is 13.9. The first kappa shape index (κ1) is 23.3. The van der Waals surface area contributed by atoms with Crippen molar-refractivity contribution in [1.82, 2.24) is 14.8 Å². The second-order valence-electron chi connectivity index (χ2n) is 9.79. The largest absolute Gasteiger partial charge is 0.497 e. The van der Waals surface area contributed by atoms with E-state index < -0.39 is 5.54 Å². The van der Waals surface area contributed by atoms with Crippen molar-refractivity contribution in [2.75, 3.05) is 20.8 Å². The minimum Gasteiger partial charge on any atom is -0.497 e. The standard InChI is InChI=1S/C28H33N3O4/c1-28(27(33)29-21-9-5-6-10-21)18-30-23-11-7-4-8-20(23)16-24(30)26(32)31(28)15-14-19-12-13-22(34-2)17-25(19)35-3/h4,7-8,11-13,16-17,21H,5-6,9-10,14-15,18H2,1-3H3,(H,29,33). The van der Waals surface area contributed by atoms with E-state index >= 15 is 0 Å². The van der Waals surface area contributed by atoms with Gasteiger partial charge in [-0.25, -0.2) is 0 Å². The van der Waals surface area contributed by atoms with Crippen molar-refractivity contribution in [2.45, 2.75) is 57.2 Å². The summed E-state index contributed by atoms with van der Waals surface area (Å²) in [6, 6.07) is 15.8. The quantitative estimate of drug-likeness (QED) is 0.557. The van der Waals surface area contributed by atoms with Crippen LogP contribution in [0.4, 0.5) is 0 Å². The van der Waals surface area contributed by atoms with Crippen molar-refractivity contribution in [2.24, 2.45) is 0 Å². The number of nitrogens with zero attached hydrogens (tertiary/aromatic N) is 2. The monoisotopic (exact) mass is 475 g/mol. The molecule has 1 N–H and O–H groups in total. The van der Waals surface area contributed by atoms with Gasteiger partial charge in [-0.1, -0.05) is 37.1 Å². The van der Waals surface area contributed by atoms with Crippen LogP contribution >= 0.6 is 0 Å². The highest BCUT2D eigenvalue weighted by atomic mass is 16.5. The number of para-hydroxylation sites is 1. The molecule has 2 aliphatic rings. The van der Waals surface area contributed by atoms with Crippen LogP contribution in [-0.4, -0.2) is 53.6 Å². The second-order valence-corrected chi connectivity index (χ2v) is 9.79. The number of carbonyl (C=O) groups excluding carboxylic acids is 2. The van der Waals surface area contributed by atoms with E-state index in [1.165, 1.54) is 0 Å². The van der Waals surface area contributed by atoms with Gasteiger partial charge in [-0.15, -0.1) is 0 Å². The predicted molar refractivity (Wildman–Crippen MR) is 135 cm³/mol. The molecule has 7 nitrogen and oxygen atoms in total. The lowest BCUT2D eigenvalue weighted by Gasteiger charge is -2.44. The number of fused-ring (bicyclic) bond motifs is 3. The minimum absolute atomic E-state index is 0.0807. The molecular formula is C28H33N3O4. The number of benzene rings is 2. The highest BCUT2D eigenvalue weighted by Crippen LogP contribution is 2.34. The van der Waals surface area contributed by atoms with E-state index in [9.17, 15) is 9.59 Å². The Morgan fingerprint density at radius 1 is 1.09 bits per heavy atom. The van der Waals surface area contributed by atoms with Crippen molar-refractivity contribution in [3.8, 4) is 11.5 Å². The fourth-order valence-electron chi connectivity index (χ4n) is 5.56. The average molecular weight is 476 g/mol. The molecule has 1 aromatic heterocycles. The number of hydrogen-bond acceptors (Lipinski definition) is 4. The lowest BCUT2D eigenvalue weighted by atomic mass is 9.93. The second kappa shape index (κ2) is 9.29. The smallest absolute Gasteiger partial charge is 0.271 e. The summed E-state index contributed by atoms with van der Waals surface area (Å²) in [5.41, 5.74) is 1.56. The number of methoxy groups -OCH3 is 2. The van der Waals surface area contributed by atoms with Crippen molar-refractivity contribution in [1.29, 1.82) is 0 Å². The van der Waals surface area contributed by atoms with E-state index in [1.54, 1.807) is 19.1 Å². The van der Waals surface area contributed by atoms with Crippen molar-refractivity contribution < 1.29 is 19.1 Å². The Morgan fingerprint density at radius 3 is 2.60 bits per heavy atom. The molecule has 0 radical (unpaired) electrons. The van der Waals surface area contributed by atoms with Crippen LogP contribution < -0.4 is 14.8 Å². The van der Waals surface area contributed by atoms with Crippen molar-refractivity contribution in [3.05, 3.63) is 59.8 Å². The number of aromatic nitrogens is 1. The average Bonchev–Trinajstić information content (AvgIpc) is 3.52. The molecule has 2 heterocycles. The van der Waals surface area contributed by atoms with Crippen LogP contribution in [0.15, 0.2) is 48.5 Å². The van der Waals surface area contributed by atoms with Crippen molar-refractivity contribution in [3.63, 3.8) is 0 Å². The van der Waals surface area contributed by atoms with Crippen LogP contribution in [0.5, 0.6) is 11.5 Å². The highest BCUT2D eigenvalue weighted by Gasteiger charge is 2.48. The van der Waals surface area contributed by atoms with Gasteiger partial charge in [0, 0.05) is 29.6 Å². The van der Waals surface area contributed by atoms with Crippen LogP contribution in [-0.2, 0) is 17.8 Å². The zero-order valence-corrected chi connectivity index (χ0v) is 20.7. The first-order chi connectivity index (χ1) is 16.9. The zero-order valence-electron chi connectivity index (χ0n) is 20.7. The van der Waals surface area contributed by atoms with Gasteiger partial charge in [0.05, 0.1) is 20.8 Å². The van der Waals surface area contributed by atoms with E-state index in [0.717, 1.165) is 42.1 Å². The molecule has 35 heavy (non-hydrogen) atoms. The molecule has 1 atom stereocenters. The van der Waals surface area contributed by atoms with E-state index in [2.05, 4.69) is 5.32 Å². The maximum Gasteiger partial charge on any atom is 0.271 e. The van der Waals surface area contributed by atoms with Gasteiger partial charge in [0.15, 0.2) is 0 Å². The number of rotatable bonds is 7. The fourth-order valence-corrected chi connectivity index (χ4v) is 5.56. The summed E-state index contributed by atoms with van der Waals surface area (Å²) in [5, 5.41) is 4.27. The minimum atomic E-state index is -1.01. The molecule has 1 aliphatic heterocycles. The highest BCUT2D eigenvalue weighted by molar-refractivity contribution is 6.03. The third-order valence-electron chi connectivity index (χ3n) is 7.62. The lowest BCUT2D eigenvalue weighted by Crippen LogP contribution is -2.65. The SMILES string of the molecule is COc1ccc(CCN2C(=O)c3cc4ccccc4n3CC2(C)C(=O)NC2CCCC2)c(OC)c1. The van der Waals surface area contributed by atoms with E-state index in [1.807, 2.05) is 60.0 Å². The van der Waals surface area contributed by atoms with Gasteiger partial charge in [0.2, 0.25) is 5.91 Å². The van der Waals surface area contributed by atoms with Gasteiger partial charge in [0.25, 0.3) is 5.91 Å². The number of hydrogen-bond donors (Lipinski definition) is 1. The van der Waals surface area contributed by atoms with Gasteiger partial charge in [0.1, 0.15) is 22.7 Å². The Bertz CT molecular complexity index is 1260. The van der Waals surface area contributed by atoms with E-state index in [-0.39, 0.29) is 17.9 Å². The topological polar surface area (TPSA) is 72.8 Å². The molecule has 5 rings (SSSR count). The van der Waals surface area contributed by atoms with Crippen LogP contribution in [0.1, 0.15) is 48.7 Å².